The molecule has 4 saturated carbocycles. The summed E-state index contributed by atoms with van der Waals surface area (Å²) in [7, 11) is 0. The molecule has 1 aromatic carbocycles. The van der Waals surface area contributed by atoms with E-state index in [4.69, 9.17) is 0 Å². The van der Waals surface area contributed by atoms with E-state index in [0.717, 1.165) is 49.1 Å². The van der Waals surface area contributed by atoms with E-state index in [1.54, 1.807) is 0 Å². The van der Waals surface area contributed by atoms with Gasteiger partial charge in [-0.1, -0.05) is 17.9 Å². The summed E-state index contributed by atoms with van der Waals surface area (Å²) in [6.45, 7) is 0.106. The van der Waals surface area contributed by atoms with Crippen molar-refractivity contribution in [2.24, 2.45) is 17.8 Å². The molecule has 4 bridgehead atoms. The van der Waals surface area contributed by atoms with Crippen molar-refractivity contribution >= 4 is 6.03 Å². The lowest BCUT2D eigenvalue weighted by atomic mass is 9.53. The summed E-state index contributed by atoms with van der Waals surface area (Å²) in [4.78, 5) is 12.3. The highest BCUT2D eigenvalue weighted by Crippen LogP contribution is 2.55. The summed E-state index contributed by atoms with van der Waals surface area (Å²) >= 11 is 0. The molecule has 0 saturated heterocycles. The monoisotopic (exact) mass is 376 g/mol. The number of alkyl halides is 3. The van der Waals surface area contributed by atoms with Crippen molar-refractivity contribution in [1.82, 2.24) is 10.6 Å². The quantitative estimate of drug-likeness (QED) is 0.742. The first-order valence-corrected chi connectivity index (χ1v) is 9.53. The number of nitrogens with one attached hydrogen (secondary N) is 2. The molecule has 0 spiro atoms. The Balaban J connectivity index is 1.30. The van der Waals surface area contributed by atoms with Crippen LogP contribution in [0.1, 0.15) is 49.7 Å². The van der Waals surface area contributed by atoms with Crippen LogP contribution in [0.15, 0.2) is 24.3 Å². The lowest BCUT2D eigenvalue weighted by Crippen LogP contribution is -2.61. The summed E-state index contributed by atoms with van der Waals surface area (Å²) in [5.74, 6) is 7.65. The summed E-state index contributed by atoms with van der Waals surface area (Å²) in [6, 6.07) is 4.66. The first kappa shape index (κ1) is 18.2. The maximum atomic E-state index is 12.7. The highest BCUT2D eigenvalue weighted by Gasteiger charge is 2.51. The van der Waals surface area contributed by atoms with Gasteiger partial charge in [-0.05, 0) is 74.5 Å². The van der Waals surface area contributed by atoms with Crippen LogP contribution in [0.25, 0.3) is 0 Å². The average Bonchev–Trinajstić information content (AvgIpc) is 2.56. The molecule has 4 aliphatic carbocycles. The minimum atomic E-state index is -4.38. The zero-order chi connectivity index (χ0) is 19.1. The SMILES string of the molecule is O=C(NCC#Cc1cccc(C(F)(F)F)c1)NC12CC3CC(CC(C3)C1)C2. The van der Waals surface area contributed by atoms with E-state index in [2.05, 4.69) is 22.5 Å². The van der Waals surface area contributed by atoms with Gasteiger partial charge in [-0.2, -0.15) is 13.2 Å². The molecular weight excluding hydrogens is 353 g/mol. The van der Waals surface area contributed by atoms with Gasteiger partial charge >= 0.3 is 12.2 Å². The molecule has 27 heavy (non-hydrogen) atoms. The van der Waals surface area contributed by atoms with Crippen molar-refractivity contribution in [1.29, 1.82) is 0 Å². The molecule has 6 heteroatoms. The topological polar surface area (TPSA) is 41.1 Å². The first-order chi connectivity index (χ1) is 12.8. The Morgan fingerprint density at radius 3 is 2.33 bits per heavy atom. The van der Waals surface area contributed by atoms with Crippen molar-refractivity contribution < 1.29 is 18.0 Å². The van der Waals surface area contributed by atoms with E-state index in [1.165, 1.54) is 31.4 Å². The standard InChI is InChI=1S/C21H23F3N2O/c22-21(23,24)18-5-1-3-14(10-18)4-2-6-25-19(27)26-20-11-15-7-16(12-20)9-17(8-15)13-20/h1,3,5,10,15-17H,6-9,11-13H2,(H2,25,26,27). The third kappa shape index (κ3) is 4.07. The lowest BCUT2D eigenvalue weighted by Gasteiger charge is -2.56. The normalized spacial score (nSPS) is 31.1. The molecule has 2 amide bonds. The van der Waals surface area contributed by atoms with Gasteiger partial charge in [-0.15, -0.1) is 0 Å². The molecular formula is C21H23F3N2O. The van der Waals surface area contributed by atoms with Crippen LogP contribution >= 0.6 is 0 Å². The molecule has 0 aliphatic heterocycles. The second kappa shape index (κ2) is 6.78. The van der Waals surface area contributed by atoms with E-state index >= 15 is 0 Å². The van der Waals surface area contributed by atoms with Crippen molar-refractivity contribution in [3.05, 3.63) is 35.4 Å². The van der Waals surface area contributed by atoms with Crippen LogP contribution in [0.4, 0.5) is 18.0 Å². The number of hydrogen-bond donors (Lipinski definition) is 2. The zero-order valence-corrected chi connectivity index (χ0v) is 15.0. The largest absolute Gasteiger partial charge is 0.416 e. The van der Waals surface area contributed by atoms with E-state index in [0.29, 0.717) is 0 Å². The zero-order valence-electron chi connectivity index (χ0n) is 15.0. The Morgan fingerprint density at radius 2 is 1.74 bits per heavy atom. The third-order valence-corrected chi connectivity index (χ3v) is 6.18. The molecule has 0 radical (unpaired) electrons. The molecule has 4 aliphatic rings. The Morgan fingerprint density at radius 1 is 1.11 bits per heavy atom. The molecule has 1 aromatic rings. The Labute approximate surface area is 157 Å². The number of amides is 2. The molecule has 4 fully saturated rings. The maximum Gasteiger partial charge on any atom is 0.416 e. The molecule has 3 nitrogen and oxygen atoms in total. The molecule has 0 atom stereocenters. The number of benzene rings is 1. The first-order valence-electron chi connectivity index (χ1n) is 9.53. The maximum absolute atomic E-state index is 12.7. The van der Waals surface area contributed by atoms with Crippen molar-refractivity contribution in [2.75, 3.05) is 6.54 Å². The smallest absolute Gasteiger partial charge is 0.333 e. The number of urea groups is 1. The Bertz CT molecular complexity index is 755. The molecule has 0 heterocycles. The summed E-state index contributed by atoms with van der Waals surface area (Å²) in [5, 5.41) is 5.91. The second-order valence-corrected chi connectivity index (χ2v) is 8.39. The number of carbonyl (C=O) groups excluding carboxylic acids is 1. The number of rotatable bonds is 2. The van der Waals surface area contributed by atoms with Crippen LogP contribution in [-0.4, -0.2) is 18.1 Å². The fourth-order valence-electron chi connectivity index (χ4n) is 5.59. The van der Waals surface area contributed by atoms with Gasteiger partial charge in [0.05, 0.1) is 12.1 Å². The molecule has 2 N–H and O–H groups in total. The minimum Gasteiger partial charge on any atom is -0.333 e. The van der Waals surface area contributed by atoms with Crippen LogP contribution < -0.4 is 10.6 Å². The van der Waals surface area contributed by atoms with Crippen LogP contribution in [-0.2, 0) is 6.18 Å². The van der Waals surface area contributed by atoms with E-state index in [-0.39, 0.29) is 23.7 Å². The summed E-state index contributed by atoms with van der Waals surface area (Å²) in [5.41, 5.74) is -0.497. The van der Waals surface area contributed by atoms with E-state index in [9.17, 15) is 18.0 Å². The van der Waals surface area contributed by atoms with Gasteiger partial charge in [0.25, 0.3) is 0 Å². The lowest BCUT2D eigenvalue weighted by molar-refractivity contribution is -0.137. The van der Waals surface area contributed by atoms with Crippen LogP contribution in [0.5, 0.6) is 0 Å². The highest BCUT2D eigenvalue weighted by atomic mass is 19.4. The van der Waals surface area contributed by atoms with Gasteiger partial charge in [0.15, 0.2) is 0 Å². The van der Waals surface area contributed by atoms with E-state index in [1.807, 2.05) is 0 Å². The molecule has 0 aromatic heterocycles. The number of halogens is 3. The predicted molar refractivity (Wildman–Crippen MR) is 95.8 cm³/mol. The summed E-state index contributed by atoms with van der Waals surface area (Å²) < 4.78 is 38.1. The van der Waals surface area contributed by atoms with Crippen LogP contribution in [0.3, 0.4) is 0 Å². The van der Waals surface area contributed by atoms with E-state index < -0.39 is 11.7 Å². The van der Waals surface area contributed by atoms with Gasteiger partial charge in [0, 0.05) is 11.1 Å². The predicted octanol–water partition coefficient (Wildman–Crippen LogP) is 4.32. The number of hydrogen-bond acceptors (Lipinski definition) is 1. The van der Waals surface area contributed by atoms with Crippen LogP contribution in [0.2, 0.25) is 0 Å². The minimum absolute atomic E-state index is 0.0622. The highest BCUT2D eigenvalue weighted by molar-refractivity contribution is 5.75. The van der Waals surface area contributed by atoms with Crippen molar-refractivity contribution in [2.45, 2.75) is 50.2 Å². The molecule has 5 rings (SSSR count). The average molecular weight is 376 g/mol. The van der Waals surface area contributed by atoms with Crippen molar-refractivity contribution in [3.8, 4) is 11.8 Å². The number of carbonyl (C=O) groups is 1. The summed E-state index contributed by atoms with van der Waals surface area (Å²) in [6.07, 6.45) is 2.77. The van der Waals surface area contributed by atoms with Gasteiger partial charge in [0.2, 0.25) is 0 Å². The Hall–Kier alpha value is -2.16. The molecule has 0 unspecified atom stereocenters. The van der Waals surface area contributed by atoms with Gasteiger partial charge < -0.3 is 10.6 Å². The van der Waals surface area contributed by atoms with Gasteiger partial charge in [0.1, 0.15) is 0 Å². The van der Waals surface area contributed by atoms with Gasteiger partial charge in [-0.25, -0.2) is 4.79 Å². The Kier molecular flexibility index (Phi) is 4.57. The fourth-order valence-corrected chi connectivity index (χ4v) is 5.59. The fraction of sp³-hybridized carbons (Fsp3) is 0.571. The van der Waals surface area contributed by atoms with Gasteiger partial charge in [-0.3, -0.25) is 0 Å². The molecule has 144 valence electrons. The third-order valence-electron chi connectivity index (χ3n) is 6.18. The van der Waals surface area contributed by atoms with Crippen molar-refractivity contribution in [3.63, 3.8) is 0 Å². The van der Waals surface area contributed by atoms with Crippen LogP contribution in [0, 0.1) is 29.6 Å². The second-order valence-electron chi connectivity index (χ2n) is 8.39.